The van der Waals surface area contributed by atoms with Gasteiger partial charge in [0.25, 0.3) is 0 Å². The lowest BCUT2D eigenvalue weighted by molar-refractivity contribution is 1.32. The van der Waals surface area contributed by atoms with Gasteiger partial charge in [0.05, 0.1) is 0 Å². The van der Waals surface area contributed by atoms with E-state index in [2.05, 4.69) is 91.0 Å². The van der Waals surface area contributed by atoms with Crippen LogP contribution in [0.15, 0.2) is 111 Å². The molecule has 0 fully saturated rings. The third kappa shape index (κ3) is 2.22. The fraction of sp³-hybridized carbons (Fsp3) is 0. The van der Waals surface area contributed by atoms with E-state index in [1.54, 1.807) is 0 Å². The number of fused-ring (bicyclic) bond motifs is 4. The summed E-state index contributed by atoms with van der Waals surface area (Å²) >= 11 is 10.3. The maximum atomic E-state index is 6.57. The second-order valence-corrected chi connectivity index (χ2v) is 13.3. The highest BCUT2D eigenvalue weighted by molar-refractivity contribution is 8.01. The van der Waals surface area contributed by atoms with Gasteiger partial charge in [-0.3, -0.25) is 0 Å². The van der Waals surface area contributed by atoms with Gasteiger partial charge in [0.2, 0.25) is 0 Å². The van der Waals surface area contributed by atoms with Crippen LogP contribution in [-0.2, 0) is 0 Å². The van der Waals surface area contributed by atoms with Crippen LogP contribution in [-0.4, -0.2) is 8.07 Å². The average Bonchev–Trinajstić information content (AvgIpc) is 2.73. The molecule has 4 aromatic carbocycles. The molecule has 0 saturated carbocycles. The van der Waals surface area contributed by atoms with Crippen LogP contribution in [0.2, 0.25) is 5.02 Å². The maximum Gasteiger partial charge on any atom is 0.184 e. The SMILES string of the molecule is Clc1cc2c3c(c1)Sc1ccccc1[Si]3(c1ccccc1)c1ccccc1S2. The Morgan fingerprint density at radius 3 is 1.64 bits per heavy atom. The van der Waals surface area contributed by atoms with Gasteiger partial charge in [0, 0.05) is 24.6 Å². The molecule has 0 nitrogen and oxygen atoms in total. The molecule has 0 radical (unpaired) electrons. The van der Waals surface area contributed by atoms with Crippen LogP contribution < -0.4 is 20.7 Å². The molecular weight excluding hydrogens is 416 g/mol. The smallest absolute Gasteiger partial charge is 0.0902 e. The van der Waals surface area contributed by atoms with Crippen molar-refractivity contribution in [2.45, 2.75) is 19.6 Å². The molecule has 4 aromatic rings. The van der Waals surface area contributed by atoms with E-state index >= 15 is 0 Å². The maximum absolute atomic E-state index is 6.57. The summed E-state index contributed by atoms with van der Waals surface area (Å²) in [6.07, 6.45) is 0. The third-order valence-electron chi connectivity index (χ3n) is 5.63. The van der Waals surface area contributed by atoms with Crippen LogP contribution in [0.5, 0.6) is 0 Å². The molecule has 0 N–H and O–H groups in total. The molecule has 28 heavy (non-hydrogen) atoms. The van der Waals surface area contributed by atoms with Gasteiger partial charge in [0.1, 0.15) is 0 Å². The summed E-state index contributed by atoms with van der Waals surface area (Å²) in [4.78, 5) is 5.36. The summed E-state index contributed by atoms with van der Waals surface area (Å²) < 4.78 is 0. The molecule has 0 bridgehead atoms. The molecule has 0 aromatic heterocycles. The van der Waals surface area contributed by atoms with Crippen molar-refractivity contribution in [2.24, 2.45) is 0 Å². The summed E-state index contributed by atoms with van der Waals surface area (Å²) in [5.41, 5.74) is 0. The molecular formula is C24H15ClS2Si. The van der Waals surface area contributed by atoms with Crippen LogP contribution in [0.4, 0.5) is 0 Å². The van der Waals surface area contributed by atoms with Gasteiger partial charge in [-0.1, -0.05) is 102 Å². The van der Waals surface area contributed by atoms with Crippen LogP contribution in [0.25, 0.3) is 0 Å². The summed E-state index contributed by atoms with van der Waals surface area (Å²) in [5, 5.41) is 6.77. The number of rotatable bonds is 1. The minimum absolute atomic E-state index is 0.823. The fourth-order valence-corrected chi connectivity index (χ4v) is 14.3. The lowest BCUT2D eigenvalue weighted by atomic mass is 10.3. The van der Waals surface area contributed by atoms with Gasteiger partial charge in [-0.2, -0.15) is 0 Å². The number of hydrogen-bond donors (Lipinski definition) is 0. The highest BCUT2D eigenvalue weighted by atomic mass is 35.5. The normalized spacial score (nSPS) is 15.3. The van der Waals surface area contributed by atoms with E-state index < -0.39 is 8.07 Å². The Hall–Kier alpha value is -1.91. The van der Waals surface area contributed by atoms with Crippen molar-refractivity contribution < 1.29 is 0 Å². The van der Waals surface area contributed by atoms with Crippen molar-refractivity contribution in [1.82, 2.24) is 0 Å². The monoisotopic (exact) mass is 430 g/mol. The van der Waals surface area contributed by atoms with Gasteiger partial charge in [0.15, 0.2) is 8.07 Å². The molecule has 0 amide bonds. The highest BCUT2D eigenvalue weighted by Crippen LogP contribution is 2.42. The fourth-order valence-electron chi connectivity index (χ4n) is 4.61. The Balaban J connectivity index is 1.86. The van der Waals surface area contributed by atoms with Crippen LogP contribution in [0.3, 0.4) is 0 Å². The Bertz CT molecular complexity index is 1170. The average molecular weight is 431 g/mol. The van der Waals surface area contributed by atoms with Crippen molar-refractivity contribution in [1.29, 1.82) is 0 Å². The van der Waals surface area contributed by atoms with E-state index in [4.69, 9.17) is 11.6 Å². The van der Waals surface area contributed by atoms with E-state index in [0.717, 1.165) is 5.02 Å². The summed E-state index contributed by atoms with van der Waals surface area (Å²) in [5.74, 6) is 0. The Morgan fingerprint density at radius 2 is 1.07 bits per heavy atom. The van der Waals surface area contributed by atoms with Gasteiger partial charge >= 0.3 is 0 Å². The third-order valence-corrected chi connectivity index (χ3v) is 13.8. The summed E-state index contributed by atoms with van der Waals surface area (Å²) in [6, 6.07) is 33.4. The van der Waals surface area contributed by atoms with Gasteiger partial charge < -0.3 is 0 Å². The standard InChI is InChI=1S/C24H15ClS2Si/c25-16-14-20-24-21(15-16)27-19-11-5-7-13-23(19)28(24,17-8-2-1-3-9-17)22-12-6-4-10-18(22)26-20/h1-15H. The van der Waals surface area contributed by atoms with E-state index in [9.17, 15) is 0 Å². The predicted molar refractivity (Wildman–Crippen MR) is 123 cm³/mol. The zero-order valence-electron chi connectivity index (χ0n) is 14.9. The van der Waals surface area contributed by atoms with Crippen LogP contribution >= 0.6 is 35.1 Å². The summed E-state index contributed by atoms with van der Waals surface area (Å²) in [6.45, 7) is 0. The highest BCUT2D eigenvalue weighted by Gasteiger charge is 2.51. The quantitative estimate of drug-likeness (QED) is 0.348. The van der Waals surface area contributed by atoms with E-state index in [-0.39, 0.29) is 0 Å². The minimum Gasteiger partial charge on any atom is -0.0902 e. The first-order valence-electron chi connectivity index (χ1n) is 9.23. The first-order chi connectivity index (χ1) is 13.8. The first kappa shape index (κ1) is 17.0. The number of halogens is 1. The Labute approximate surface area is 179 Å². The van der Waals surface area contributed by atoms with Gasteiger partial charge in [-0.15, -0.1) is 0 Å². The number of hydrogen-bond acceptors (Lipinski definition) is 2. The second kappa shape index (κ2) is 6.29. The molecule has 2 aliphatic heterocycles. The molecule has 0 atom stereocenters. The largest absolute Gasteiger partial charge is 0.184 e. The molecule has 2 aliphatic rings. The molecule has 0 aliphatic carbocycles. The summed E-state index contributed by atoms with van der Waals surface area (Å²) in [7, 11) is -2.38. The lowest BCUT2D eigenvalue weighted by Gasteiger charge is -2.44. The molecule has 6 rings (SSSR count). The van der Waals surface area contributed by atoms with Crippen molar-refractivity contribution in [3.63, 3.8) is 0 Å². The molecule has 0 saturated heterocycles. The van der Waals surface area contributed by atoms with Gasteiger partial charge in [-0.25, -0.2) is 0 Å². The van der Waals surface area contributed by atoms with Crippen molar-refractivity contribution in [2.75, 3.05) is 0 Å². The van der Waals surface area contributed by atoms with Crippen LogP contribution in [0.1, 0.15) is 0 Å². The Kier molecular flexibility index (Phi) is 3.82. The molecule has 0 spiro atoms. The second-order valence-electron chi connectivity index (χ2n) is 7.09. The topological polar surface area (TPSA) is 0 Å². The van der Waals surface area contributed by atoms with E-state index in [1.807, 2.05) is 23.5 Å². The predicted octanol–water partition coefficient (Wildman–Crippen LogP) is 4.65. The first-order valence-corrected chi connectivity index (χ1v) is 13.2. The molecule has 2 heterocycles. The lowest BCUT2D eigenvalue weighted by Crippen LogP contribution is -2.78. The van der Waals surface area contributed by atoms with Crippen molar-refractivity contribution >= 4 is 63.9 Å². The van der Waals surface area contributed by atoms with Crippen molar-refractivity contribution in [3.8, 4) is 0 Å². The molecule has 4 heteroatoms. The Morgan fingerprint density at radius 1 is 0.571 bits per heavy atom. The van der Waals surface area contributed by atoms with E-state index in [0.29, 0.717) is 0 Å². The van der Waals surface area contributed by atoms with Crippen LogP contribution in [0, 0.1) is 0 Å². The zero-order valence-corrected chi connectivity index (χ0v) is 18.2. The van der Waals surface area contributed by atoms with E-state index in [1.165, 1.54) is 40.3 Å². The molecule has 134 valence electrons. The van der Waals surface area contributed by atoms with Crippen molar-refractivity contribution in [3.05, 3.63) is 96.0 Å². The minimum atomic E-state index is -2.38. The molecule has 0 unspecified atom stereocenters. The van der Waals surface area contributed by atoms with Gasteiger partial charge in [-0.05, 0) is 45.0 Å². The zero-order chi connectivity index (χ0) is 18.7. The number of benzene rings is 4.